The van der Waals surface area contributed by atoms with Gasteiger partial charge in [0, 0.05) is 12.4 Å². The molecule has 1 aromatic heterocycles. The summed E-state index contributed by atoms with van der Waals surface area (Å²) < 4.78 is 26.2. The van der Waals surface area contributed by atoms with Crippen LogP contribution >= 0.6 is 0 Å². The van der Waals surface area contributed by atoms with Crippen molar-refractivity contribution in [2.24, 2.45) is 0 Å². The van der Waals surface area contributed by atoms with Crippen LogP contribution in [0.1, 0.15) is 0 Å². The van der Waals surface area contributed by atoms with Gasteiger partial charge in [-0.2, -0.15) is 0 Å². The zero-order valence-corrected chi connectivity index (χ0v) is 10.2. The number of aromatic amines is 1. The highest BCUT2D eigenvalue weighted by molar-refractivity contribution is 7.92. The molecule has 1 aromatic carbocycles. The molecule has 0 amide bonds. The number of nitrogens with one attached hydrogen (secondary N) is 2. The van der Waals surface area contributed by atoms with Crippen LogP contribution in [0.5, 0.6) is 0 Å². The number of para-hydroxylation sites is 1. The van der Waals surface area contributed by atoms with E-state index in [1.54, 1.807) is 0 Å². The highest BCUT2D eigenvalue weighted by atomic mass is 32.2. The maximum atomic E-state index is 12.0. The molecule has 0 saturated heterocycles. The van der Waals surface area contributed by atoms with Gasteiger partial charge in [-0.25, -0.2) is 18.1 Å². The number of aromatic nitrogens is 2. The van der Waals surface area contributed by atoms with Crippen LogP contribution in [0.3, 0.4) is 0 Å². The summed E-state index contributed by atoms with van der Waals surface area (Å²) in [6.07, 6.45) is 2.75. The van der Waals surface area contributed by atoms with E-state index in [-0.39, 0.29) is 11.6 Å². The van der Waals surface area contributed by atoms with Crippen molar-refractivity contribution in [3.05, 3.63) is 40.7 Å². The van der Waals surface area contributed by atoms with E-state index in [2.05, 4.69) is 14.7 Å². The highest BCUT2D eigenvalue weighted by Gasteiger charge is 2.28. The molecule has 19 heavy (non-hydrogen) atoms. The molecule has 0 bridgehead atoms. The van der Waals surface area contributed by atoms with Crippen LogP contribution in [0.2, 0.25) is 0 Å². The van der Waals surface area contributed by atoms with E-state index in [0.717, 1.165) is 6.07 Å². The van der Waals surface area contributed by atoms with E-state index in [0.29, 0.717) is 0 Å². The van der Waals surface area contributed by atoms with Gasteiger partial charge in [-0.15, -0.1) is 0 Å². The molecule has 100 valence electrons. The molecule has 0 aliphatic carbocycles. The maximum Gasteiger partial charge on any atom is 0.312 e. The quantitative estimate of drug-likeness (QED) is 0.428. The Hall–Kier alpha value is -2.62. The number of nitrogens with zero attached hydrogens (tertiary/aromatic N) is 2. The van der Waals surface area contributed by atoms with Gasteiger partial charge in [0.15, 0.2) is 4.90 Å². The molecule has 10 heteroatoms. The minimum Gasteiger partial charge on any atom is -0.393 e. The average Bonchev–Trinajstić information content (AvgIpc) is 2.80. The number of benzene rings is 1. The molecule has 0 atom stereocenters. The number of nitrogen functional groups attached to an aromatic ring is 1. The SMILES string of the molecule is Nc1cccc(S(=O)(=O)Nc2ncc[nH]2)c1[N+](=O)[O-]. The van der Waals surface area contributed by atoms with Crippen molar-refractivity contribution in [2.75, 3.05) is 10.5 Å². The summed E-state index contributed by atoms with van der Waals surface area (Å²) in [4.78, 5) is 15.7. The normalized spacial score (nSPS) is 11.2. The Morgan fingerprint density at radius 3 is 2.74 bits per heavy atom. The molecule has 4 N–H and O–H groups in total. The van der Waals surface area contributed by atoms with Gasteiger partial charge in [0.2, 0.25) is 5.95 Å². The number of anilines is 2. The standard InChI is InChI=1S/C9H9N5O4S/c10-6-2-1-3-7(8(6)14(15)16)19(17,18)13-9-11-4-5-12-9/h1-5H,10H2,(H2,11,12,13). The Morgan fingerprint density at radius 2 is 2.16 bits per heavy atom. The third-order valence-electron chi connectivity index (χ3n) is 2.23. The smallest absolute Gasteiger partial charge is 0.312 e. The fourth-order valence-corrected chi connectivity index (χ4v) is 2.64. The van der Waals surface area contributed by atoms with Gasteiger partial charge in [-0.05, 0) is 12.1 Å². The Labute approximate surface area is 107 Å². The summed E-state index contributed by atoms with van der Waals surface area (Å²) in [5.41, 5.74) is 4.54. The number of nitrogens with two attached hydrogens (primary N) is 1. The first-order chi connectivity index (χ1) is 8.92. The number of H-pyrrole nitrogens is 1. The van der Waals surface area contributed by atoms with Crippen molar-refractivity contribution >= 4 is 27.3 Å². The number of hydrogen-bond donors (Lipinski definition) is 3. The van der Waals surface area contributed by atoms with Gasteiger partial charge in [-0.3, -0.25) is 10.1 Å². The molecule has 9 nitrogen and oxygen atoms in total. The van der Waals surface area contributed by atoms with E-state index in [1.165, 1.54) is 24.5 Å². The summed E-state index contributed by atoms with van der Waals surface area (Å²) in [7, 11) is -4.15. The number of nitro benzene ring substituents is 1. The third-order valence-corrected chi connectivity index (χ3v) is 3.60. The van der Waals surface area contributed by atoms with Crippen LogP contribution in [0.25, 0.3) is 0 Å². The van der Waals surface area contributed by atoms with Crippen LogP contribution in [-0.2, 0) is 10.0 Å². The van der Waals surface area contributed by atoms with Gasteiger partial charge >= 0.3 is 5.69 Å². The molecular weight excluding hydrogens is 274 g/mol. The minimum atomic E-state index is -4.15. The van der Waals surface area contributed by atoms with Gasteiger partial charge in [-0.1, -0.05) is 6.07 Å². The van der Waals surface area contributed by atoms with Crippen molar-refractivity contribution in [1.29, 1.82) is 0 Å². The Balaban J connectivity index is 2.52. The lowest BCUT2D eigenvalue weighted by molar-refractivity contribution is -0.386. The third kappa shape index (κ3) is 2.47. The van der Waals surface area contributed by atoms with Crippen molar-refractivity contribution in [2.45, 2.75) is 4.90 Å². The first-order valence-corrected chi connectivity index (χ1v) is 6.45. The lowest BCUT2D eigenvalue weighted by atomic mass is 10.3. The first kappa shape index (κ1) is 12.8. The lowest BCUT2D eigenvalue weighted by Crippen LogP contribution is -2.16. The van der Waals surface area contributed by atoms with Crippen LogP contribution in [0.15, 0.2) is 35.5 Å². The van der Waals surface area contributed by atoms with E-state index >= 15 is 0 Å². The topological polar surface area (TPSA) is 144 Å². The number of hydrogen-bond acceptors (Lipinski definition) is 6. The molecule has 0 aliphatic heterocycles. The van der Waals surface area contributed by atoms with Gasteiger partial charge < -0.3 is 10.7 Å². The van der Waals surface area contributed by atoms with Crippen molar-refractivity contribution in [3.8, 4) is 0 Å². The largest absolute Gasteiger partial charge is 0.393 e. The van der Waals surface area contributed by atoms with Crippen molar-refractivity contribution < 1.29 is 13.3 Å². The van der Waals surface area contributed by atoms with Crippen molar-refractivity contribution in [3.63, 3.8) is 0 Å². The Bertz CT molecular complexity index is 710. The molecule has 2 aromatic rings. The van der Waals surface area contributed by atoms with Gasteiger partial charge in [0.1, 0.15) is 5.69 Å². The molecule has 0 fully saturated rings. The number of rotatable bonds is 4. The molecule has 0 unspecified atom stereocenters. The predicted molar refractivity (Wildman–Crippen MR) is 66.9 cm³/mol. The van der Waals surface area contributed by atoms with E-state index in [4.69, 9.17) is 5.73 Å². The summed E-state index contributed by atoms with van der Waals surface area (Å²) in [5, 5.41) is 10.9. The summed E-state index contributed by atoms with van der Waals surface area (Å²) in [6, 6.07) is 3.67. The zero-order valence-electron chi connectivity index (χ0n) is 9.40. The van der Waals surface area contributed by atoms with E-state index < -0.39 is 25.5 Å². The second kappa shape index (κ2) is 4.57. The average molecular weight is 283 g/mol. The molecule has 0 radical (unpaired) electrons. The molecule has 2 rings (SSSR count). The van der Waals surface area contributed by atoms with Crippen LogP contribution in [0.4, 0.5) is 17.3 Å². The zero-order chi connectivity index (χ0) is 14.0. The Morgan fingerprint density at radius 1 is 1.42 bits per heavy atom. The monoisotopic (exact) mass is 283 g/mol. The second-order valence-corrected chi connectivity index (χ2v) is 5.15. The summed E-state index contributed by atoms with van der Waals surface area (Å²) in [6.45, 7) is 0. The highest BCUT2D eigenvalue weighted by Crippen LogP contribution is 2.30. The number of nitro groups is 1. The molecule has 0 aliphatic rings. The van der Waals surface area contributed by atoms with Crippen LogP contribution in [0, 0.1) is 10.1 Å². The number of imidazole rings is 1. The molecule has 1 heterocycles. The Kier molecular flexibility index (Phi) is 3.09. The van der Waals surface area contributed by atoms with Crippen molar-refractivity contribution in [1.82, 2.24) is 9.97 Å². The fraction of sp³-hybridized carbons (Fsp3) is 0. The second-order valence-electron chi connectivity index (χ2n) is 3.49. The maximum absolute atomic E-state index is 12.0. The predicted octanol–water partition coefficient (Wildman–Crippen LogP) is 0.701. The summed E-state index contributed by atoms with van der Waals surface area (Å²) >= 11 is 0. The minimum absolute atomic E-state index is 0.0447. The van der Waals surface area contributed by atoms with E-state index in [9.17, 15) is 18.5 Å². The lowest BCUT2D eigenvalue weighted by Gasteiger charge is -2.07. The molecule has 0 spiro atoms. The van der Waals surface area contributed by atoms with Crippen LogP contribution < -0.4 is 10.5 Å². The number of sulfonamides is 1. The fourth-order valence-electron chi connectivity index (χ4n) is 1.45. The first-order valence-electron chi connectivity index (χ1n) is 4.97. The molecular formula is C9H9N5O4S. The van der Waals surface area contributed by atoms with E-state index in [1.807, 2.05) is 0 Å². The van der Waals surface area contributed by atoms with Gasteiger partial charge in [0.05, 0.1) is 4.92 Å². The summed E-state index contributed by atoms with van der Waals surface area (Å²) in [5.74, 6) is -0.0447. The van der Waals surface area contributed by atoms with Crippen LogP contribution in [-0.4, -0.2) is 23.3 Å². The molecule has 0 saturated carbocycles. The van der Waals surface area contributed by atoms with Gasteiger partial charge in [0.25, 0.3) is 10.0 Å².